The molecular formula is C31H20Cl2N2O4. The van der Waals surface area contributed by atoms with Gasteiger partial charge in [-0.1, -0.05) is 65.7 Å². The maximum Gasteiger partial charge on any atom is 0.238 e. The fourth-order valence-electron chi connectivity index (χ4n) is 6.59. The summed E-state index contributed by atoms with van der Waals surface area (Å²) in [4.78, 5) is 45.1. The van der Waals surface area contributed by atoms with E-state index in [0.29, 0.717) is 16.3 Å². The van der Waals surface area contributed by atoms with E-state index < -0.39 is 29.2 Å². The topological polar surface area (TPSA) is 79.6 Å². The first-order valence-corrected chi connectivity index (χ1v) is 13.2. The van der Waals surface area contributed by atoms with Gasteiger partial charge in [-0.15, -0.1) is 0 Å². The number of ketones is 2. The Morgan fingerprint density at radius 1 is 0.923 bits per heavy atom. The molecule has 0 unspecified atom stereocenters. The van der Waals surface area contributed by atoms with Crippen LogP contribution < -0.4 is 5.32 Å². The highest BCUT2D eigenvalue weighted by atomic mass is 35.5. The van der Waals surface area contributed by atoms with E-state index in [9.17, 15) is 14.4 Å². The summed E-state index contributed by atoms with van der Waals surface area (Å²) in [6.07, 6.45) is 5.12. The van der Waals surface area contributed by atoms with Gasteiger partial charge >= 0.3 is 0 Å². The molecule has 0 saturated carbocycles. The molecule has 0 aliphatic carbocycles. The van der Waals surface area contributed by atoms with Crippen molar-refractivity contribution in [3.63, 3.8) is 0 Å². The van der Waals surface area contributed by atoms with Gasteiger partial charge in [-0.25, -0.2) is 0 Å². The zero-order valence-corrected chi connectivity index (χ0v) is 21.8. The van der Waals surface area contributed by atoms with Gasteiger partial charge in [0, 0.05) is 22.5 Å². The molecule has 192 valence electrons. The number of carbonyl (C=O) groups is 3. The zero-order valence-electron chi connectivity index (χ0n) is 20.3. The second kappa shape index (κ2) is 8.70. The van der Waals surface area contributed by atoms with Crippen LogP contribution >= 0.6 is 23.2 Å². The number of carbonyl (C=O) groups excluding carboxylic acids is 3. The monoisotopic (exact) mass is 554 g/mol. The van der Waals surface area contributed by atoms with Gasteiger partial charge in [0.1, 0.15) is 11.5 Å². The lowest BCUT2D eigenvalue weighted by Gasteiger charge is -2.38. The van der Waals surface area contributed by atoms with Gasteiger partial charge in [-0.2, -0.15) is 0 Å². The average Bonchev–Trinajstić information content (AvgIpc) is 3.65. The maximum absolute atomic E-state index is 14.5. The van der Waals surface area contributed by atoms with Crippen molar-refractivity contribution in [1.29, 1.82) is 0 Å². The predicted molar refractivity (Wildman–Crippen MR) is 148 cm³/mol. The lowest BCUT2D eigenvalue weighted by molar-refractivity contribution is -0.122. The average molecular weight is 555 g/mol. The summed E-state index contributed by atoms with van der Waals surface area (Å²) in [5.74, 6) is -2.22. The first kappa shape index (κ1) is 23.9. The van der Waals surface area contributed by atoms with Crippen LogP contribution in [-0.2, 0) is 10.2 Å². The van der Waals surface area contributed by atoms with Crippen molar-refractivity contribution >= 4 is 52.4 Å². The Hall–Kier alpha value is -4.13. The summed E-state index contributed by atoms with van der Waals surface area (Å²) in [6, 6.07) is 21.2. The number of Topliss-reactive ketones (excluding diaryl/α,β-unsaturated/α-hetero) is 2. The number of rotatable bonds is 4. The Kier molecular flexibility index (Phi) is 5.34. The Labute approximate surface area is 233 Å². The first-order valence-electron chi connectivity index (χ1n) is 12.5. The molecule has 0 radical (unpaired) electrons. The highest BCUT2D eigenvalue weighted by Crippen LogP contribution is 2.62. The largest absolute Gasteiger partial charge is 0.461 e. The summed E-state index contributed by atoms with van der Waals surface area (Å²) >= 11 is 12.7. The van der Waals surface area contributed by atoms with E-state index in [1.165, 1.54) is 12.3 Å². The fourth-order valence-corrected chi connectivity index (χ4v) is 7.09. The maximum atomic E-state index is 14.5. The fraction of sp³-hybridized carbons (Fsp3) is 0.129. The smallest absolute Gasteiger partial charge is 0.238 e. The van der Waals surface area contributed by atoms with Crippen LogP contribution in [0.4, 0.5) is 5.69 Å². The molecule has 7 rings (SSSR count). The van der Waals surface area contributed by atoms with E-state index in [-0.39, 0.29) is 28.0 Å². The van der Waals surface area contributed by atoms with Crippen LogP contribution in [0, 0.1) is 5.92 Å². The third-order valence-corrected chi connectivity index (χ3v) is 8.63. The van der Waals surface area contributed by atoms with Gasteiger partial charge in [0.25, 0.3) is 0 Å². The third kappa shape index (κ3) is 3.25. The molecule has 3 aliphatic heterocycles. The van der Waals surface area contributed by atoms with Crippen molar-refractivity contribution in [2.45, 2.75) is 17.5 Å². The standard InChI is InChI=1S/C31H20Cl2N2O4/c32-18-11-12-20(22(33)16-18)27(36)26-25(28(37)24-10-5-15-39-24)31(21-8-3-4-9-23(21)34-30(31)38)29-19-7-2-1-6-17(19)13-14-35(26)29/h1-16,25-26,29H,(H,34,38)/t25-,26+,29-,31-/m1/s1. The molecule has 1 N–H and O–H groups in total. The normalized spacial score (nSPS) is 24.3. The number of para-hydroxylation sites is 1. The summed E-state index contributed by atoms with van der Waals surface area (Å²) in [6.45, 7) is 0. The van der Waals surface area contributed by atoms with Gasteiger partial charge in [0.15, 0.2) is 11.5 Å². The van der Waals surface area contributed by atoms with Crippen LogP contribution in [0.5, 0.6) is 0 Å². The number of hydrogen-bond donors (Lipinski definition) is 1. The number of benzene rings is 3. The number of halogens is 2. The number of nitrogens with one attached hydrogen (secondary N) is 1. The molecule has 4 atom stereocenters. The van der Waals surface area contributed by atoms with E-state index in [0.717, 1.165) is 11.1 Å². The van der Waals surface area contributed by atoms with Crippen molar-refractivity contribution in [1.82, 2.24) is 4.90 Å². The van der Waals surface area contributed by atoms with Crippen LogP contribution in [0.15, 0.2) is 95.7 Å². The van der Waals surface area contributed by atoms with E-state index in [1.807, 2.05) is 65.7 Å². The summed E-state index contributed by atoms with van der Waals surface area (Å²) in [5, 5.41) is 3.57. The molecule has 1 fully saturated rings. The van der Waals surface area contributed by atoms with Gasteiger partial charge in [-0.3, -0.25) is 14.4 Å². The Balaban J connectivity index is 1.55. The molecular weight excluding hydrogens is 535 g/mol. The molecule has 8 heteroatoms. The van der Waals surface area contributed by atoms with E-state index in [2.05, 4.69) is 5.32 Å². The lowest BCUT2D eigenvalue weighted by atomic mass is 9.63. The SMILES string of the molecule is O=C(c1ccc(Cl)cc1Cl)[C@@H]1[C@H](C(=O)c2ccco2)[C@@]2(C(=O)Nc3ccccc32)[C@H]2c3ccccc3C=CN12. The highest BCUT2D eigenvalue weighted by Gasteiger charge is 2.71. The second-order valence-electron chi connectivity index (χ2n) is 9.92. The van der Waals surface area contributed by atoms with Gasteiger partial charge in [-0.05, 0) is 59.2 Å². The number of fused-ring (bicyclic) bond motifs is 6. The molecule has 6 nitrogen and oxygen atoms in total. The molecule has 1 spiro atoms. The Morgan fingerprint density at radius 2 is 1.72 bits per heavy atom. The zero-order chi connectivity index (χ0) is 26.9. The van der Waals surface area contributed by atoms with Crippen molar-refractivity contribution in [3.05, 3.63) is 129 Å². The molecule has 4 aromatic rings. The first-order chi connectivity index (χ1) is 18.9. The van der Waals surface area contributed by atoms with Crippen LogP contribution in [-0.4, -0.2) is 28.4 Å². The van der Waals surface area contributed by atoms with Crippen LogP contribution in [0.25, 0.3) is 6.08 Å². The summed E-state index contributed by atoms with van der Waals surface area (Å²) in [5.41, 5.74) is 1.83. The molecule has 3 aliphatic rings. The second-order valence-corrected chi connectivity index (χ2v) is 10.8. The molecule has 0 bridgehead atoms. The minimum Gasteiger partial charge on any atom is -0.461 e. The number of hydrogen-bond acceptors (Lipinski definition) is 5. The highest BCUT2D eigenvalue weighted by molar-refractivity contribution is 6.37. The van der Waals surface area contributed by atoms with Crippen molar-refractivity contribution in [2.75, 3.05) is 5.32 Å². The predicted octanol–water partition coefficient (Wildman–Crippen LogP) is 6.57. The molecule has 39 heavy (non-hydrogen) atoms. The van der Waals surface area contributed by atoms with Crippen LogP contribution in [0.2, 0.25) is 10.0 Å². The van der Waals surface area contributed by atoms with Crippen LogP contribution in [0.3, 0.4) is 0 Å². The number of furan rings is 1. The van der Waals surface area contributed by atoms with E-state index in [4.69, 9.17) is 27.6 Å². The lowest BCUT2D eigenvalue weighted by Crippen LogP contribution is -2.49. The minimum absolute atomic E-state index is 0.0775. The van der Waals surface area contributed by atoms with Gasteiger partial charge in [0.05, 0.1) is 23.2 Å². The number of anilines is 1. The number of nitrogens with zero attached hydrogens (tertiary/aromatic N) is 1. The summed E-state index contributed by atoms with van der Waals surface area (Å²) < 4.78 is 5.56. The van der Waals surface area contributed by atoms with Crippen molar-refractivity contribution in [3.8, 4) is 0 Å². The molecule has 1 amide bonds. The summed E-state index contributed by atoms with van der Waals surface area (Å²) in [7, 11) is 0. The molecule has 4 heterocycles. The van der Waals surface area contributed by atoms with E-state index >= 15 is 0 Å². The van der Waals surface area contributed by atoms with Gasteiger partial charge < -0.3 is 14.6 Å². The quantitative estimate of drug-likeness (QED) is 0.288. The minimum atomic E-state index is -1.43. The Morgan fingerprint density at radius 3 is 2.51 bits per heavy atom. The third-order valence-electron chi connectivity index (χ3n) is 8.08. The Bertz CT molecular complexity index is 1710. The van der Waals surface area contributed by atoms with Crippen LogP contribution in [0.1, 0.15) is 43.6 Å². The van der Waals surface area contributed by atoms with Crippen molar-refractivity contribution < 1.29 is 18.8 Å². The van der Waals surface area contributed by atoms with Gasteiger partial charge in [0.2, 0.25) is 11.7 Å². The number of amides is 1. The molecule has 3 aromatic carbocycles. The van der Waals surface area contributed by atoms with Crippen molar-refractivity contribution in [2.24, 2.45) is 5.92 Å². The molecule has 1 saturated heterocycles. The molecule has 1 aromatic heterocycles. The van der Waals surface area contributed by atoms with E-state index in [1.54, 1.807) is 24.3 Å².